The highest BCUT2D eigenvalue weighted by Crippen LogP contribution is 2.22. The van der Waals surface area contributed by atoms with E-state index in [1.54, 1.807) is 7.11 Å². The van der Waals surface area contributed by atoms with Gasteiger partial charge in [-0.15, -0.1) is 0 Å². The second-order valence-electron chi connectivity index (χ2n) is 5.35. The Morgan fingerprint density at radius 2 is 1.94 bits per heavy atom. The van der Waals surface area contributed by atoms with Crippen LogP contribution in [0.15, 0.2) is 0 Å². The van der Waals surface area contributed by atoms with Gasteiger partial charge in [-0.2, -0.15) is 0 Å². The molecule has 0 radical (unpaired) electrons. The molecule has 1 N–H and O–H groups in total. The van der Waals surface area contributed by atoms with Crippen LogP contribution in [0.3, 0.4) is 0 Å². The van der Waals surface area contributed by atoms with Crippen molar-refractivity contribution in [3.63, 3.8) is 0 Å². The minimum atomic E-state index is 0.259. The maximum Gasteiger partial charge on any atom is 0.0675 e. The number of methoxy groups -OCH3 is 1. The summed E-state index contributed by atoms with van der Waals surface area (Å²) in [4.78, 5) is 0. The molecular weight excluding hydrogens is 230 g/mol. The first-order chi connectivity index (χ1) is 8.61. The Balaban J connectivity index is 2.09. The van der Waals surface area contributed by atoms with Crippen molar-refractivity contribution in [3.05, 3.63) is 0 Å². The minimum Gasteiger partial charge on any atom is -0.385 e. The summed E-state index contributed by atoms with van der Waals surface area (Å²) in [6.07, 6.45) is 4.32. The highest BCUT2D eigenvalue weighted by molar-refractivity contribution is 4.75. The van der Waals surface area contributed by atoms with E-state index < -0.39 is 0 Å². The third-order valence-electron chi connectivity index (χ3n) is 3.21. The molecule has 1 saturated heterocycles. The summed E-state index contributed by atoms with van der Waals surface area (Å²) in [5, 5.41) is 3.40. The fourth-order valence-electron chi connectivity index (χ4n) is 2.48. The monoisotopic (exact) mass is 259 g/mol. The van der Waals surface area contributed by atoms with Crippen molar-refractivity contribution in [2.45, 2.75) is 64.4 Å². The van der Waals surface area contributed by atoms with Crippen molar-refractivity contribution in [1.82, 2.24) is 5.32 Å². The van der Waals surface area contributed by atoms with E-state index in [2.05, 4.69) is 26.1 Å². The third kappa shape index (κ3) is 6.69. The number of rotatable bonds is 8. The normalized spacial score (nSPS) is 30.3. The lowest BCUT2D eigenvalue weighted by atomic mass is 10.0. The van der Waals surface area contributed by atoms with E-state index in [1.807, 2.05) is 0 Å². The Morgan fingerprint density at radius 1 is 1.28 bits per heavy atom. The Bertz CT molecular complexity index is 203. The molecule has 0 aromatic heterocycles. The average molecular weight is 259 g/mol. The Labute approximate surface area is 111 Å². The van der Waals surface area contributed by atoms with E-state index >= 15 is 0 Å². The molecule has 1 fully saturated rings. The Hall–Kier alpha value is -0.160. The van der Waals surface area contributed by atoms with Crippen LogP contribution in [0.25, 0.3) is 0 Å². The Morgan fingerprint density at radius 3 is 2.56 bits per heavy atom. The molecule has 1 aliphatic heterocycles. The summed E-state index contributed by atoms with van der Waals surface area (Å²) in [5.74, 6) is 0. The van der Waals surface area contributed by atoms with Gasteiger partial charge in [-0.25, -0.2) is 0 Å². The number of nitrogens with one attached hydrogen (secondary N) is 1. The molecule has 0 amide bonds. The van der Waals surface area contributed by atoms with Gasteiger partial charge < -0.3 is 19.5 Å². The average Bonchev–Trinajstić information content (AvgIpc) is 2.27. The molecule has 108 valence electrons. The maximum atomic E-state index is 6.06. The molecular formula is C14H29NO3. The van der Waals surface area contributed by atoms with Crippen molar-refractivity contribution >= 4 is 0 Å². The summed E-state index contributed by atoms with van der Waals surface area (Å²) in [6.45, 7) is 9.09. The summed E-state index contributed by atoms with van der Waals surface area (Å²) >= 11 is 0. The fourth-order valence-corrected chi connectivity index (χ4v) is 2.48. The van der Waals surface area contributed by atoms with Crippen molar-refractivity contribution in [3.8, 4) is 0 Å². The highest BCUT2D eigenvalue weighted by atomic mass is 16.5. The van der Waals surface area contributed by atoms with Gasteiger partial charge >= 0.3 is 0 Å². The molecule has 3 atom stereocenters. The van der Waals surface area contributed by atoms with Crippen molar-refractivity contribution in [1.29, 1.82) is 0 Å². The van der Waals surface area contributed by atoms with E-state index in [4.69, 9.17) is 14.2 Å². The van der Waals surface area contributed by atoms with Gasteiger partial charge in [-0.05, 0) is 46.6 Å². The predicted octanol–water partition coefficient (Wildman–Crippen LogP) is 1.97. The van der Waals surface area contributed by atoms with Crippen LogP contribution in [0.4, 0.5) is 0 Å². The highest BCUT2D eigenvalue weighted by Gasteiger charge is 2.26. The largest absolute Gasteiger partial charge is 0.385 e. The second kappa shape index (κ2) is 8.86. The van der Waals surface area contributed by atoms with Crippen molar-refractivity contribution in [2.75, 3.05) is 26.8 Å². The molecule has 0 aromatic rings. The lowest BCUT2D eigenvalue weighted by molar-refractivity contribution is -0.117. The van der Waals surface area contributed by atoms with E-state index in [0.717, 1.165) is 39.0 Å². The summed E-state index contributed by atoms with van der Waals surface area (Å²) in [5.41, 5.74) is 0. The summed E-state index contributed by atoms with van der Waals surface area (Å²) in [6, 6.07) is 0. The molecule has 0 aromatic carbocycles. The smallest absolute Gasteiger partial charge is 0.0675 e. The Kier molecular flexibility index (Phi) is 7.82. The van der Waals surface area contributed by atoms with Crippen LogP contribution in [0.2, 0.25) is 0 Å². The molecule has 1 aliphatic rings. The number of hydrogen-bond acceptors (Lipinski definition) is 4. The van der Waals surface area contributed by atoms with Crippen LogP contribution >= 0.6 is 0 Å². The summed E-state index contributed by atoms with van der Waals surface area (Å²) in [7, 11) is 1.74. The molecule has 1 rings (SSSR count). The zero-order valence-corrected chi connectivity index (χ0v) is 12.3. The molecule has 0 aliphatic carbocycles. The van der Waals surface area contributed by atoms with Gasteiger partial charge in [0.25, 0.3) is 0 Å². The first kappa shape index (κ1) is 15.9. The maximum absolute atomic E-state index is 6.06. The number of hydrogen-bond donors (Lipinski definition) is 1. The van der Waals surface area contributed by atoms with E-state index in [-0.39, 0.29) is 6.10 Å². The standard InChI is InChI=1S/C14H29NO3/c1-11-8-14(9-12(2)17-11)18-13(3)10-15-6-5-7-16-4/h11-15H,5-10H2,1-4H3. The molecule has 0 spiro atoms. The van der Waals surface area contributed by atoms with Crippen LogP contribution in [-0.2, 0) is 14.2 Å². The van der Waals surface area contributed by atoms with Crippen LogP contribution in [-0.4, -0.2) is 51.2 Å². The first-order valence-electron chi connectivity index (χ1n) is 7.12. The zero-order valence-electron chi connectivity index (χ0n) is 12.3. The molecule has 4 nitrogen and oxygen atoms in total. The van der Waals surface area contributed by atoms with Gasteiger partial charge in [-0.1, -0.05) is 0 Å². The van der Waals surface area contributed by atoms with Gasteiger partial charge in [0, 0.05) is 20.3 Å². The molecule has 4 heteroatoms. The van der Waals surface area contributed by atoms with Crippen molar-refractivity contribution in [2.24, 2.45) is 0 Å². The molecule has 1 heterocycles. The number of ether oxygens (including phenoxy) is 3. The zero-order chi connectivity index (χ0) is 13.4. The topological polar surface area (TPSA) is 39.7 Å². The van der Waals surface area contributed by atoms with Crippen LogP contribution in [0.5, 0.6) is 0 Å². The van der Waals surface area contributed by atoms with E-state index in [0.29, 0.717) is 18.3 Å². The third-order valence-corrected chi connectivity index (χ3v) is 3.21. The minimum absolute atomic E-state index is 0.259. The summed E-state index contributed by atoms with van der Waals surface area (Å²) < 4.78 is 16.8. The molecule has 0 bridgehead atoms. The lowest BCUT2D eigenvalue weighted by Crippen LogP contribution is -2.38. The molecule has 18 heavy (non-hydrogen) atoms. The molecule has 3 unspecified atom stereocenters. The SMILES string of the molecule is COCCCNCC(C)OC1CC(C)OC(C)C1. The van der Waals surface area contributed by atoms with Crippen LogP contribution in [0.1, 0.15) is 40.0 Å². The predicted molar refractivity (Wildman–Crippen MR) is 72.9 cm³/mol. The van der Waals surface area contributed by atoms with Gasteiger partial charge in [0.15, 0.2) is 0 Å². The van der Waals surface area contributed by atoms with Gasteiger partial charge in [-0.3, -0.25) is 0 Å². The van der Waals surface area contributed by atoms with Crippen LogP contribution < -0.4 is 5.32 Å². The molecule has 0 saturated carbocycles. The van der Waals surface area contributed by atoms with Crippen molar-refractivity contribution < 1.29 is 14.2 Å². The quantitative estimate of drug-likeness (QED) is 0.677. The van der Waals surface area contributed by atoms with E-state index in [1.165, 1.54) is 0 Å². The van der Waals surface area contributed by atoms with Gasteiger partial charge in [0.05, 0.1) is 24.4 Å². The van der Waals surface area contributed by atoms with Gasteiger partial charge in [0.1, 0.15) is 0 Å². The van der Waals surface area contributed by atoms with Gasteiger partial charge in [0.2, 0.25) is 0 Å². The van der Waals surface area contributed by atoms with Crippen LogP contribution in [0, 0.1) is 0 Å². The second-order valence-corrected chi connectivity index (χ2v) is 5.35. The lowest BCUT2D eigenvalue weighted by Gasteiger charge is -2.33. The van der Waals surface area contributed by atoms with E-state index in [9.17, 15) is 0 Å². The first-order valence-corrected chi connectivity index (χ1v) is 7.12. The fraction of sp³-hybridized carbons (Fsp3) is 1.00.